The Hall–Kier alpha value is 0.270. The SMILES string of the molecule is CCCNC(COCCC)CSC(C)(C)C. The van der Waals surface area contributed by atoms with Crippen molar-refractivity contribution >= 4 is 11.8 Å². The van der Waals surface area contributed by atoms with Crippen LogP contribution in [0.25, 0.3) is 0 Å². The minimum absolute atomic E-state index is 0.344. The first-order valence-corrected chi connectivity index (χ1v) is 7.43. The van der Waals surface area contributed by atoms with Crippen LogP contribution in [0.3, 0.4) is 0 Å². The molecule has 0 amide bonds. The van der Waals surface area contributed by atoms with E-state index in [-0.39, 0.29) is 0 Å². The lowest BCUT2D eigenvalue weighted by Crippen LogP contribution is -2.37. The standard InChI is InChI=1S/C13H29NOS/c1-6-8-14-12(10-15-9-7-2)11-16-13(3,4)5/h12,14H,6-11H2,1-5H3. The highest BCUT2D eigenvalue weighted by atomic mass is 32.2. The van der Waals surface area contributed by atoms with Gasteiger partial charge in [0.2, 0.25) is 0 Å². The van der Waals surface area contributed by atoms with E-state index in [1.807, 2.05) is 11.8 Å². The molecule has 0 aromatic heterocycles. The predicted octanol–water partition coefficient (Wildman–Crippen LogP) is 3.31. The Labute approximate surface area is 106 Å². The summed E-state index contributed by atoms with van der Waals surface area (Å²) in [7, 11) is 0. The molecule has 98 valence electrons. The molecule has 1 N–H and O–H groups in total. The highest BCUT2D eigenvalue weighted by Crippen LogP contribution is 2.23. The normalized spacial score (nSPS) is 14.1. The summed E-state index contributed by atoms with van der Waals surface area (Å²) in [6.07, 6.45) is 2.29. The second kappa shape index (κ2) is 9.32. The van der Waals surface area contributed by atoms with Gasteiger partial charge in [-0.1, -0.05) is 34.6 Å². The fourth-order valence-electron chi connectivity index (χ4n) is 1.23. The number of rotatable bonds is 9. The second-order valence-electron chi connectivity index (χ2n) is 5.15. The van der Waals surface area contributed by atoms with Crippen molar-refractivity contribution in [2.45, 2.75) is 58.2 Å². The van der Waals surface area contributed by atoms with E-state index in [2.05, 4.69) is 39.9 Å². The Bertz CT molecular complexity index is 157. The van der Waals surface area contributed by atoms with E-state index in [0.717, 1.165) is 31.9 Å². The van der Waals surface area contributed by atoms with Crippen LogP contribution in [0.2, 0.25) is 0 Å². The number of nitrogens with one attached hydrogen (secondary N) is 1. The smallest absolute Gasteiger partial charge is 0.0627 e. The predicted molar refractivity (Wildman–Crippen MR) is 75.4 cm³/mol. The number of thioether (sulfide) groups is 1. The van der Waals surface area contributed by atoms with Crippen LogP contribution in [0.1, 0.15) is 47.5 Å². The van der Waals surface area contributed by atoms with Gasteiger partial charge in [-0.25, -0.2) is 0 Å². The Morgan fingerprint density at radius 2 is 1.88 bits per heavy atom. The van der Waals surface area contributed by atoms with Gasteiger partial charge in [-0.15, -0.1) is 0 Å². The molecule has 0 bridgehead atoms. The van der Waals surface area contributed by atoms with Crippen LogP contribution < -0.4 is 5.32 Å². The largest absolute Gasteiger partial charge is 0.380 e. The second-order valence-corrected chi connectivity index (χ2v) is 7.00. The minimum atomic E-state index is 0.344. The summed E-state index contributed by atoms with van der Waals surface area (Å²) in [5.41, 5.74) is 0. The van der Waals surface area contributed by atoms with Gasteiger partial charge in [-0.05, 0) is 19.4 Å². The third kappa shape index (κ3) is 10.8. The van der Waals surface area contributed by atoms with Gasteiger partial charge in [0.15, 0.2) is 0 Å². The van der Waals surface area contributed by atoms with E-state index >= 15 is 0 Å². The maximum Gasteiger partial charge on any atom is 0.0627 e. The van der Waals surface area contributed by atoms with Gasteiger partial charge < -0.3 is 10.1 Å². The van der Waals surface area contributed by atoms with E-state index in [0.29, 0.717) is 10.8 Å². The molecule has 1 atom stereocenters. The molecule has 0 radical (unpaired) electrons. The Kier molecular flexibility index (Phi) is 9.47. The van der Waals surface area contributed by atoms with E-state index in [1.54, 1.807) is 0 Å². The molecule has 0 rings (SSSR count). The maximum absolute atomic E-state index is 5.63. The van der Waals surface area contributed by atoms with Crippen molar-refractivity contribution < 1.29 is 4.74 Å². The van der Waals surface area contributed by atoms with Gasteiger partial charge in [0.1, 0.15) is 0 Å². The topological polar surface area (TPSA) is 21.3 Å². The lowest BCUT2D eigenvalue weighted by atomic mass is 10.3. The first kappa shape index (κ1) is 16.3. The molecule has 0 aromatic carbocycles. The van der Waals surface area contributed by atoms with Crippen LogP contribution in [0.15, 0.2) is 0 Å². The summed E-state index contributed by atoms with van der Waals surface area (Å²) in [5.74, 6) is 1.13. The van der Waals surface area contributed by atoms with Crippen molar-refractivity contribution in [2.24, 2.45) is 0 Å². The average molecular weight is 247 g/mol. The van der Waals surface area contributed by atoms with E-state index in [4.69, 9.17) is 4.74 Å². The molecule has 0 saturated heterocycles. The average Bonchev–Trinajstić information content (AvgIpc) is 2.20. The van der Waals surface area contributed by atoms with Gasteiger partial charge in [-0.3, -0.25) is 0 Å². The minimum Gasteiger partial charge on any atom is -0.380 e. The lowest BCUT2D eigenvalue weighted by Gasteiger charge is -2.23. The van der Waals surface area contributed by atoms with Gasteiger partial charge in [0.25, 0.3) is 0 Å². The Morgan fingerprint density at radius 1 is 1.19 bits per heavy atom. The zero-order chi connectivity index (χ0) is 12.4. The van der Waals surface area contributed by atoms with Gasteiger partial charge in [-0.2, -0.15) is 11.8 Å². The van der Waals surface area contributed by atoms with Crippen molar-refractivity contribution in [3.63, 3.8) is 0 Å². The van der Waals surface area contributed by atoms with Crippen molar-refractivity contribution in [3.05, 3.63) is 0 Å². The zero-order valence-corrected chi connectivity index (χ0v) is 12.5. The molecule has 16 heavy (non-hydrogen) atoms. The summed E-state index contributed by atoms with van der Waals surface area (Å²) < 4.78 is 5.98. The van der Waals surface area contributed by atoms with Crippen LogP contribution in [0, 0.1) is 0 Å². The van der Waals surface area contributed by atoms with Crippen molar-refractivity contribution in [3.8, 4) is 0 Å². The third-order valence-electron chi connectivity index (χ3n) is 2.07. The Morgan fingerprint density at radius 3 is 2.38 bits per heavy atom. The van der Waals surface area contributed by atoms with Crippen LogP contribution in [-0.4, -0.2) is 36.3 Å². The molecule has 0 heterocycles. The van der Waals surface area contributed by atoms with E-state index in [9.17, 15) is 0 Å². The van der Waals surface area contributed by atoms with Crippen LogP contribution in [0.4, 0.5) is 0 Å². The number of hydrogen-bond donors (Lipinski definition) is 1. The van der Waals surface area contributed by atoms with Crippen molar-refractivity contribution in [1.82, 2.24) is 5.32 Å². The van der Waals surface area contributed by atoms with Crippen molar-refractivity contribution in [1.29, 1.82) is 0 Å². The first-order valence-electron chi connectivity index (χ1n) is 6.44. The maximum atomic E-state index is 5.63. The molecule has 0 fully saturated rings. The molecule has 1 unspecified atom stereocenters. The van der Waals surface area contributed by atoms with E-state index < -0.39 is 0 Å². The monoisotopic (exact) mass is 247 g/mol. The van der Waals surface area contributed by atoms with Gasteiger partial charge in [0.05, 0.1) is 6.61 Å². The molecule has 0 aliphatic carbocycles. The molecule has 0 aromatic rings. The first-order chi connectivity index (χ1) is 7.49. The zero-order valence-electron chi connectivity index (χ0n) is 11.6. The highest BCUT2D eigenvalue weighted by molar-refractivity contribution is 8.00. The number of ether oxygens (including phenoxy) is 1. The third-order valence-corrected chi connectivity index (χ3v) is 3.50. The van der Waals surface area contributed by atoms with Crippen LogP contribution in [-0.2, 0) is 4.74 Å². The lowest BCUT2D eigenvalue weighted by molar-refractivity contribution is 0.117. The molecule has 2 nitrogen and oxygen atoms in total. The van der Waals surface area contributed by atoms with Crippen molar-refractivity contribution in [2.75, 3.05) is 25.5 Å². The molecule has 0 saturated carbocycles. The summed E-state index contributed by atoms with van der Waals surface area (Å²) in [5, 5.41) is 3.56. The fourth-order valence-corrected chi connectivity index (χ4v) is 2.15. The molecular formula is C13H29NOS. The summed E-state index contributed by atoms with van der Waals surface area (Å²) in [4.78, 5) is 0. The fraction of sp³-hybridized carbons (Fsp3) is 1.00. The number of hydrogen-bond acceptors (Lipinski definition) is 3. The Balaban J connectivity index is 3.80. The molecule has 0 aliphatic heterocycles. The molecule has 0 spiro atoms. The quantitative estimate of drug-likeness (QED) is 0.632. The molecule has 3 heteroatoms. The highest BCUT2D eigenvalue weighted by Gasteiger charge is 2.15. The van der Waals surface area contributed by atoms with Crippen LogP contribution >= 0.6 is 11.8 Å². The van der Waals surface area contributed by atoms with Crippen LogP contribution in [0.5, 0.6) is 0 Å². The van der Waals surface area contributed by atoms with Gasteiger partial charge in [0, 0.05) is 23.1 Å². The summed E-state index contributed by atoms with van der Waals surface area (Å²) >= 11 is 2.01. The van der Waals surface area contributed by atoms with E-state index in [1.165, 1.54) is 6.42 Å². The molecule has 0 aliphatic rings. The molecular weight excluding hydrogens is 218 g/mol. The summed E-state index contributed by atoms with van der Waals surface area (Å²) in [6, 6.07) is 0.496. The summed E-state index contributed by atoms with van der Waals surface area (Å²) in [6.45, 7) is 14.0. The van der Waals surface area contributed by atoms with Gasteiger partial charge >= 0.3 is 0 Å².